The molecule has 3 aromatic rings. The Morgan fingerprint density at radius 2 is 1.85 bits per heavy atom. The van der Waals surface area contributed by atoms with Crippen LogP contribution in [-0.4, -0.2) is 16.5 Å². The number of benzene rings is 2. The van der Waals surface area contributed by atoms with Gasteiger partial charge in [0.2, 0.25) is 0 Å². The van der Waals surface area contributed by atoms with Gasteiger partial charge in [-0.15, -0.1) is 0 Å². The molecule has 0 saturated heterocycles. The average Bonchev–Trinajstić information content (AvgIpc) is 3.15. The van der Waals surface area contributed by atoms with Crippen LogP contribution in [0.2, 0.25) is 0 Å². The second-order valence-electron chi connectivity index (χ2n) is 7.41. The van der Waals surface area contributed by atoms with Gasteiger partial charge in [-0.05, 0) is 48.2 Å². The fraction of sp³-hybridized carbons (Fsp3) is 0.409. The normalized spacial score (nSPS) is 15.6. The maximum atomic E-state index is 14.5. The maximum absolute atomic E-state index is 14.5. The summed E-state index contributed by atoms with van der Waals surface area (Å²) in [5.74, 6) is 0.718. The van der Waals surface area contributed by atoms with Gasteiger partial charge in [0.1, 0.15) is 5.82 Å². The standard InChI is InChI=1S/C22H26FN3/c23-20-12-17(18-8-9-21-22(13-18)26-15-25-21)6-7-19(20)14-24-11-10-16-4-2-1-3-5-16/h6-9,12-13,15-16,24H,1-5,10-11,14H2,(H,25,26). The predicted octanol–water partition coefficient (Wildman–Crippen LogP) is 5.43. The molecule has 136 valence electrons. The Hall–Kier alpha value is -2.20. The summed E-state index contributed by atoms with van der Waals surface area (Å²) in [4.78, 5) is 7.35. The minimum Gasteiger partial charge on any atom is -0.345 e. The zero-order chi connectivity index (χ0) is 17.8. The summed E-state index contributed by atoms with van der Waals surface area (Å²) < 4.78 is 14.5. The van der Waals surface area contributed by atoms with Crippen molar-refractivity contribution in [1.82, 2.24) is 15.3 Å². The van der Waals surface area contributed by atoms with Crippen LogP contribution in [0, 0.1) is 11.7 Å². The van der Waals surface area contributed by atoms with Gasteiger partial charge >= 0.3 is 0 Å². The SMILES string of the molecule is Fc1cc(-c2ccc3[nH]cnc3c2)ccc1CNCCC1CCCCC1. The summed E-state index contributed by atoms with van der Waals surface area (Å²) in [5.41, 5.74) is 4.50. The van der Waals surface area contributed by atoms with E-state index in [-0.39, 0.29) is 5.82 Å². The van der Waals surface area contributed by atoms with E-state index >= 15 is 0 Å². The number of H-pyrrole nitrogens is 1. The first kappa shape index (κ1) is 17.2. The minimum atomic E-state index is -0.144. The molecule has 0 radical (unpaired) electrons. The van der Waals surface area contributed by atoms with Gasteiger partial charge in [-0.2, -0.15) is 0 Å². The highest BCUT2D eigenvalue weighted by molar-refractivity contribution is 5.81. The van der Waals surface area contributed by atoms with E-state index in [2.05, 4.69) is 15.3 Å². The first-order chi connectivity index (χ1) is 12.8. The minimum absolute atomic E-state index is 0.144. The smallest absolute Gasteiger partial charge is 0.128 e. The molecule has 2 aromatic carbocycles. The van der Waals surface area contributed by atoms with Gasteiger partial charge in [-0.25, -0.2) is 9.37 Å². The van der Waals surface area contributed by atoms with Gasteiger partial charge in [0.15, 0.2) is 0 Å². The molecule has 1 fully saturated rings. The second-order valence-corrected chi connectivity index (χ2v) is 7.41. The summed E-state index contributed by atoms with van der Waals surface area (Å²) in [7, 11) is 0. The van der Waals surface area contributed by atoms with Crippen molar-refractivity contribution in [1.29, 1.82) is 0 Å². The molecule has 2 N–H and O–H groups in total. The summed E-state index contributed by atoms with van der Waals surface area (Å²) in [6.07, 6.45) is 9.78. The van der Waals surface area contributed by atoms with Crippen molar-refractivity contribution < 1.29 is 4.39 Å². The van der Waals surface area contributed by atoms with Crippen molar-refractivity contribution in [2.75, 3.05) is 6.54 Å². The molecular weight excluding hydrogens is 325 g/mol. The first-order valence-corrected chi connectivity index (χ1v) is 9.72. The van der Waals surface area contributed by atoms with Gasteiger partial charge in [0.25, 0.3) is 0 Å². The van der Waals surface area contributed by atoms with Crippen molar-refractivity contribution in [2.45, 2.75) is 45.1 Å². The average molecular weight is 351 g/mol. The van der Waals surface area contributed by atoms with E-state index in [1.54, 1.807) is 12.4 Å². The van der Waals surface area contributed by atoms with E-state index in [4.69, 9.17) is 0 Å². The third-order valence-corrected chi connectivity index (χ3v) is 5.58. The van der Waals surface area contributed by atoms with Crippen LogP contribution in [0.15, 0.2) is 42.7 Å². The highest BCUT2D eigenvalue weighted by atomic mass is 19.1. The molecular formula is C22H26FN3. The molecule has 26 heavy (non-hydrogen) atoms. The topological polar surface area (TPSA) is 40.7 Å². The van der Waals surface area contributed by atoms with Crippen LogP contribution in [0.1, 0.15) is 44.1 Å². The van der Waals surface area contributed by atoms with Crippen molar-refractivity contribution in [3.05, 3.63) is 54.1 Å². The van der Waals surface area contributed by atoms with E-state index in [1.165, 1.54) is 38.5 Å². The number of halogens is 1. The predicted molar refractivity (Wildman–Crippen MR) is 104 cm³/mol. The van der Waals surface area contributed by atoms with Crippen LogP contribution in [0.4, 0.5) is 4.39 Å². The summed E-state index contributed by atoms with van der Waals surface area (Å²) >= 11 is 0. The molecule has 4 heteroatoms. The Balaban J connectivity index is 1.36. The number of imidazole rings is 1. The zero-order valence-corrected chi connectivity index (χ0v) is 15.1. The van der Waals surface area contributed by atoms with Gasteiger partial charge in [-0.1, -0.05) is 50.3 Å². The lowest BCUT2D eigenvalue weighted by molar-refractivity contribution is 0.333. The van der Waals surface area contributed by atoms with Crippen molar-refractivity contribution in [2.24, 2.45) is 5.92 Å². The van der Waals surface area contributed by atoms with Crippen LogP contribution in [-0.2, 0) is 6.54 Å². The third kappa shape index (κ3) is 3.96. The van der Waals surface area contributed by atoms with Gasteiger partial charge < -0.3 is 10.3 Å². The number of fused-ring (bicyclic) bond motifs is 1. The molecule has 1 aromatic heterocycles. The molecule has 0 amide bonds. The Kier molecular flexibility index (Phi) is 5.30. The Bertz CT molecular complexity index is 865. The van der Waals surface area contributed by atoms with Crippen LogP contribution in [0.5, 0.6) is 0 Å². The van der Waals surface area contributed by atoms with Crippen LogP contribution in [0.3, 0.4) is 0 Å². The van der Waals surface area contributed by atoms with Crippen LogP contribution < -0.4 is 5.32 Å². The van der Waals surface area contributed by atoms with Gasteiger partial charge in [0, 0.05) is 12.1 Å². The van der Waals surface area contributed by atoms with Crippen LogP contribution in [0.25, 0.3) is 22.2 Å². The molecule has 0 bridgehead atoms. The number of aromatic amines is 1. The Morgan fingerprint density at radius 3 is 2.69 bits per heavy atom. The quantitative estimate of drug-likeness (QED) is 0.582. The zero-order valence-electron chi connectivity index (χ0n) is 15.1. The summed E-state index contributed by atoms with van der Waals surface area (Å²) in [6, 6.07) is 11.5. The third-order valence-electron chi connectivity index (χ3n) is 5.58. The summed E-state index contributed by atoms with van der Waals surface area (Å²) in [5, 5.41) is 3.42. The fourth-order valence-electron chi connectivity index (χ4n) is 3.99. The molecule has 0 spiro atoms. The molecule has 4 rings (SSSR count). The maximum Gasteiger partial charge on any atom is 0.128 e. The second kappa shape index (κ2) is 8.00. The number of aromatic nitrogens is 2. The number of hydrogen-bond donors (Lipinski definition) is 2. The number of hydrogen-bond acceptors (Lipinski definition) is 2. The Morgan fingerprint density at radius 1 is 1.04 bits per heavy atom. The Labute approximate surface area is 154 Å². The molecule has 1 aliphatic rings. The summed E-state index contributed by atoms with van der Waals surface area (Å²) in [6.45, 7) is 1.57. The van der Waals surface area contributed by atoms with E-state index in [0.29, 0.717) is 6.54 Å². The van der Waals surface area contributed by atoms with Gasteiger partial charge in [-0.3, -0.25) is 0 Å². The monoisotopic (exact) mass is 351 g/mol. The molecule has 0 unspecified atom stereocenters. The largest absolute Gasteiger partial charge is 0.345 e. The molecule has 0 atom stereocenters. The molecule has 1 heterocycles. The van der Waals surface area contributed by atoms with Crippen LogP contribution >= 0.6 is 0 Å². The van der Waals surface area contributed by atoms with Crippen molar-refractivity contribution >= 4 is 11.0 Å². The highest BCUT2D eigenvalue weighted by Gasteiger charge is 2.13. The van der Waals surface area contributed by atoms with Crippen molar-refractivity contribution in [3.8, 4) is 11.1 Å². The number of nitrogens with zero attached hydrogens (tertiary/aromatic N) is 1. The molecule has 1 aliphatic carbocycles. The highest BCUT2D eigenvalue weighted by Crippen LogP contribution is 2.26. The number of nitrogens with one attached hydrogen (secondary N) is 2. The van der Waals surface area contributed by atoms with Gasteiger partial charge in [0.05, 0.1) is 17.4 Å². The number of rotatable bonds is 6. The van der Waals surface area contributed by atoms with E-state index in [0.717, 1.165) is 40.2 Å². The fourth-order valence-corrected chi connectivity index (χ4v) is 3.99. The lowest BCUT2D eigenvalue weighted by Crippen LogP contribution is -2.19. The van der Waals surface area contributed by atoms with E-state index < -0.39 is 0 Å². The first-order valence-electron chi connectivity index (χ1n) is 9.72. The lowest BCUT2D eigenvalue weighted by atomic mass is 9.87. The molecule has 0 aliphatic heterocycles. The van der Waals surface area contributed by atoms with Crippen molar-refractivity contribution in [3.63, 3.8) is 0 Å². The van der Waals surface area contributed by atoms with E-state index in [1.807, 2.05) is 30.3 Å². The molecule has 3 nitrogen and oxygen atoms in total. The molecule has 1 saturated carbocycles. The lowest BCUT2D eigenvalue weighted by Gasteiger charge is -2.21. The van der Waals surface area contributed by atoms with E-state index in [9.17, 15) is 4.39 Å².